The molecular formula is C9H15NOS. The Morgan fingerprint density at radius 1 is 1.67 bits per heavy atom. The second-order valence-corrected chi connectivity index (χ2v) is 3.98. The lowest BCUT2D eigenvalue weighted by Gasteiger charge is -2.13. The summed E-state index contributed by atoms with van der Waals surface area (Å²) in [4.78, 5) is 4.34. The van der Waals surface area contributed by atoms with E-state index in [1.807, 2.05) is 26.2 Å². The smallest absolute Gasteiger partial charge is 0.0982 e. The summed E-state index contributed by atoms with van der Waals surface area (Å²) in [6.45, 7) is 5.99. The van der Waals surface area contributed by atoms with Gasteiger partial charge in [-0.15, -0.1) is 11.3 Å². The summed E-state index contributed by atoms with van der Waals surface area (Å²) in [6.07, 6.45) is 0.537. The van der Waals surface area contributed by atoms with Gasteiger partial charge in [-0.05, 0) is 13.3 Å². The van der Waals surface area contributed by atoms with Crippen LogP contribution in [0.15, 0.2) is 5.38 Å². The minimum atomic E-state index is -0.254. The summed E-state index contributed by atoms with van der Waals surface area (Å²) >= 11 is 1.63. The quantitative estimate of drug-likeness (QED) is 0.784. The molecular weight excluding hydrogens is 170 g/mol. The van der Waals surface area contributed by atoms with Gasteiger partial charge in [0.05, 0.1) is 11.1 Å². The molecule has 0 aliphatic heterocycles. The monoisotopic (exact) mass is 185 g/mol. The second kappa shape index (κ2) is 4.01. The molecule has 12 heavy (non-hydrogen) atoms. The van der Waals surface area contributed by atoms with Crippen LogP contribution in [0.3, 0.4) is 0 Å². The molecule has 3 heteroatoms. The first kappa shape index (κ1) is 9.68. The zero-order valence-corrected chi connectivity index (χ0v) is 8.56. The summed E-state index contributed by atoms with van der Waals surface area (Å²) in [5.74, 6) is 0.175. The summed E-state index contributed by atoms with van der Waals surface area (Å²) in [5.41, 5.74) is 1.05. The van der Waals surface area contributed by atoms with E-state index in [0.717, 1.165) is 17.1 Å². The fourth-order valence-corrected chi connectivity index (χ4v) is 2.01. The predicted octanol–water partition coefficient (Wildman–Crippen LogP) is 2.33. The molecule has 0 bridgehead atoms. The van der Waals surface area contributed by atoms with Crippen LogP contribution in [0.1, 0.15) is 36.9 Å². The minimum absolute atomic E-state index is 0.175. The van der Waals surface area contributed by atoms with Crippen molar-refractivity contribution in [3.8, 4) is 0 Å². The summed E-state index contributed by atoms with van der Waals surface area (Å²) in [5, 5.41) is 12.6. The van der Waals surface area contributed by atoms with Crippen LogP contribution < -0.4 is 0 Å². The Labute approximate surface area is 77.3 Å². The number of aliphatic hydroxyl groups excluding tert-OH is 1. The minimum Gasteiger partial charge on any atom is -0.392 e. The van der Waals surface area contributed by atoms with Crippen molar-refractivity contribution >= 4 is 11.3 Å². The first-order valence-corrected chi connectivity index (χ1v) is 5.13. The van der Waals surface area contributed by atoms with Crippen LogP contribution in [0.4, 0.5) is 0 Å². The molecule has 1 heterocycles. The van der Waals surface area contributed by atoms with Crippen molar-refractivity contribution in [3.63, 3.8) is 0 Å². The maximum Gasteiger partial charge on any atom is 0.0982 e. The van der Waals surface area contributed by atoms with Crippen LogP contribution in [0.2, 0.25) is 0 Å². The number of nitrogens with zero attached hydrogens (tertiary/aromatic N) is 1. The van der Waals surface area contributed by atoms with Crippen molar-refractivity contribution in [1.29, 1.82) is 0 Å². The topological polar surface area (TPSA) is 33.1 Å². The summed E-state index contributed by atoms with van der Waals surface area (Å²) in [6, 6.07) is 0. The highest BCUT2D eigenvalue weighted by molar-refractivity contribution is 7.09. The highest BCUT2D eigenvalue weighted by Gasteiger charge is 2.16. The van der Waals surface area contributed by atoms with Crippen molar-refractivity contribution < 1.29 is 5.11 Å². The van der Waals surface area contributed by atoms with E-state index in [1.54, 1.807) is 11.3 Å². The van der Waals surface area contributed by atoms with Crippen molar-refractivity contribution in [2.45, 2.75) is 39.2 Å². The molecule has 1 aromatic heterocycles. The maximum absolute atomic E-state index is 9.56. The SMILES string of the molecule is CCC(O)C(C)c1nc(C)cs1. The van der Waals surface area contributed by atoms with E-state index in [9.17, 15) is 5.11 Å². The maximum atomic E-state index is 9.56. The largest absolute Gasteiger partial charge is 0.392 e. The third-order valence-corrected chi connectivity index (χ3v) is 3.19. The van der Waals surface area contributed by atoms with Gasteiger partial charge in [-0.2, -0.15) is 0 Å². The fraction of sp³-hybridized carbons (Fsp3) is 0.667. The first-order valence-electron chi connectivity index (χ1n) is 4.25. The molecule has 0 amide bonds. The average Bonchev–Trinajstić information content (AvgIpc) is 2.49. The number of hydrogen-bond acceptors (Lipinski definition) is 3. The first-order chi connectivity index (χ1) is 5.65. The summed E-state index contributed by atoms with van der Waals surface area (Å²) < 4.78 is 0. The van der Waals surface area contributed by atoms with Gasteiger partial charge in [0.1, 0.15) is 0 Å². The van der Waals surface area contributed by atoms with Gasteiger partial charge in [0, 0.05) is 17.0 Å². The van der Waals surface area contributed by atoms with Gasteiger partial charge in [-0.1, -0.05) is 13.8 Å². The van der Waals surface area contributed by atoms with E-state index >= 15 is 0 Å². The van der Waals surface area contributed by atoms with E-state index in [2.05, 4.69) is 4.98 Å². The third-order valence-electron chi connectivity index (χ3n) is 2.02. The van der Waals surface area contributed by atoms with Crippen LogP contribution in [0, 0.1) is 6.92 Å². The van der Waals surface area contributed by atoms with Gasteiger partial charge in [-0.3, -0.25) is 0 Å². The van der Waals surface area contributed by atoms with Gasteiger partial charge < -0.3 is 5.11 Å². The molecule has 0 aliphatic carbocycles. The van der Waals surface area contributed by atoms with E-state index in [4.69, 9.17) is 0 Å². The van der Waals surface area contributed by atoms with Crippen molar-refractivity contribution in [1.82, 2.24) is 4.98 Å². The van der Waals surface area contributed by atoms with Gasteiger partial charge >= 0.3 is 0 Å². The third kappa shape index (κ3) is 2.05. The van der Waals surface area contributed by atoms with Crippen LogP contribution in [-0.2, 0) is 0 Å². The average molecular weight is 185 g/mol. The molecule has 0 aromatic carbocycles. The molecule has 2 atom stereocenters. The Morgan fingerprint density at radius 3 is 2.75 bits per heavy atom. The van der Waals surface area contributed by atoms with E-state index in [-0.39, 0.29) is 12.0 Å². The Morgan fingerprint density at radius 2 is 2.33 bits per heavy atom. The molecule has 1 rings (SSSR count). The van der Waals surface area contributed by atoms with Gasteiger partial charge in [-0.25, -0.2) is 4.98 Å². The normalized spacial score (nSPS) is 16.0. The lowest BCUT2D eigenvalue weighted by Crippen LogP contribution is -2.14. The highest BCUT2D eigenvalue weighted by Crippen LogP contribution is 2.23. The predicted molar refractivity (Wildman–Crippen MR) is 51.6 cm³/mol. The van der Waals surface area contributed by atoms with E-state index < -0.39 is 0 Å². The molecule has 1 aromatic rings. The highest BCUT2D eigenvalue weighted by atomic mass is 32.1. The summed E-state index contributed by atoms with van der Waals surface area (Å²) in [7, 11) is 0. The van der Waals surface area contributed by atoms with E-state index in [0.29, 0.717) is 0 Å². The van der Waals surface area contributed by atoms with Crippen LogP contribution in [0.5, 0.6) is 0 Å². The van der Waals surface area contributed by atoms with Crippen LogP contribution in [-0.4, -0.2) is 16.2 Å². The molecule has 0 saturated carbocycles. The lowest BCUT2D eigenvalue weighted by atomic mass is 10.0. The number of aliphatic hydroxyl groups is 1. The Balaban J connectivity index is 2.70. The van der Waals surface area contributed by atoms with Gasteiger partial charge in [0.2, 0.25) is 0 Å². The lowest BCUT2D eigenvalue weighted by molar-refractivity contribution is 0.145. The van der Waals surface area contributed by atoms with E-state index in [1.165, 1.54) is 0 Å². The number of hydrogen-bond donors (Lipinski definition) is 1. The van der Waals surface area contributed by atoms with Crippen LogP contribution in [0.25, 0.3) is 0 Å². The zero-order chi connectivity index (χ0) is 9.14. The fourth-order valence-electron chi connectivity index (χ4n) is 1.10. The Bertz CT molecular complexity index is 246. The molecule has 0 radical (unpaired) electrons. The van der Waals surface area contributed by atoms with Crippen molar-refractivity contribution in [3.05, 3.63) is 16.1 Å². The molecule has 0 spiro atoms. The number of aromatic nitrogens is 1. The molecule has 2 unspecified atom stereocenters. The Hall–Kier alpha value is -0.410. The molecule has 0 saturated heterocycles. The van der Waals surface area contributed by atoms with Gasteiger partial charge in [0.15, 0.2) is 0 Å². The Kier molecular flexibility index (Phi) is 3.23. The number of aryl methyl sites for hydroxylation is 1. The molecule has 0 aliphatic rings. The number of rotatable bonds is 3. The van der Waals surface area contributed by atoms with Crippen molar-refractivity contribution in [2.24, 2.45) is 0 Å². The molecule has 2 nitrogen and oxygen atoms in total. The molecule has 1 N–H and O–H groups in total. The van der Waals surface area contributed by atoms with Crippen molar-refractivity contribution in [2.75, 3.05) is 0 Å². The number of thiazole rings is 1. The zero-order valence-electron chi connectivity index (χ0n) is 7.74. The standard InChI is InChI=1S/C9H15NOS/c1-4-8(11)7(3)9-10-6(2)5-12-9/h5,7-8,11H,4H2,1-3H3. The van der Waals surface area contributed by atoms with Gasteiger partial charge in [0.25, 0.3) is 0 Å². The molecule has 0 fully saturated rings. The second-order valence-electron chi connectivity index (χ2n) is 3.09. The van der Waals surface area contributed by atoms with Crippen LogP contribution >= 0.6 is 11.3 Å². The molecule has 68 valence electrons.